The molecule has 1 saturated carbocycles. The molecule has 15 heavy (non-hydrogen) atoms. The van der Waals surface area contributed by atoms with E-state index in [1.807, 2.05) is 6.92 Å². The van der Waals surface area contributed by atoms with Crippen LogP contribution in [0, 0.1) is 5.41 Å². The van der Waals surface area contributed by atoms with Gasteiger partial charge in [-0.2, -0.15) is 0 Å². The molecule has 0 aromatic heterocycles. The Balaban J connectivity index is 2.57. The highest BCUT2D eigenvalue weighted by Gasteiger charge is 2.39. The molecule has 0 aromatic carbocycles. The van der Waals surface area contributed by atoms with E-state index in [9.17, 15) is 4.79 Å². The zero-order chi connectivity index (χ0) is 11.3. The third-order valence-electron chi connectivity index (χ3n) is 3.77. The summed E-state index contributed by atoms with van der Waals surface area (Å²) in [6, 6.07) is -0.0680. The first-order valence-corrected chi connectivity index (χ1v) is 6.10. The monoisotopic (exact) mass is 213 g/mol. The molecule has 0 radical (unpaired) electrons. The molecule has 1 aliphatic rings. The van der Waals surface area contributed by atoms with Gasteiger partial charge in [0.05, 0.1) is 12.6 Å². The van der Waals surface area contributed by atoms with Gasteiger partial charge in [-0.3, -0.25) is 4.79 Å². The van der Waals surface area contributed by atoms with Gasteiger partial charge in [0.1, 0.15) is 0 Å². The number of hydrogen-bond acceptors (Lipinski definition) is 2. The zero-order valence-electron chi connectivity index (χ0n) is 9.88. The van der Waals surface area contributed by atoms with Crippen LogP contribution >= 0.6 is 0 Å². The standard InChI is InChI=1S/C12H23NO2/c1-3-10(9-14)13-11(15)12(4-2)7-5-6-8-12/h10,14H,3-9H2,1-2H3,(H,13,15). The van der Waals surface area contributed by atoms with E-state index in [1.165, 1.54) is 0 Å². The number of carbonyl (C=O) groups is 1. The summed E-state index contributed by atoms with van der Waals surface area (Å²) in [6.45, 7) is 4.11. The normalized spacial score (nSPS) is 21.3. The van der Waals surface area contributed by atoms with Gasteiger partial charge in [0, 0.05) is 5.41 Å². The second-order valence-corrected chi connectivity index (χ2v) is 4.60. The van der Waals surface area contributed by atoms with Crippen LogP contribution in [0.4, 0.5) is 0 Å². The summed E-state index contributed by atoms with van der Waals surface area (Å²) in [5, 5.41) is 12.0. The van der Waals surface area contributed by atoms with Crippen LogP contribution < -0.4 is 5.32 Å². The van der Waals surface area contributed by atoms with Crippen LogP contribution in [0.3, 0.4) is 0 Å². The van der Waals surface area contributed by atoms with Gasteiger partial charge in [-0.25, -0.2) is 0 Å². The molecule has 0 aliphatic heterocycles. The Morgan fingerprint density at radius 2 is 2.00 bits per heavy atom. The van der Waals surface area contributed by atoms with Crippen molar-refractivity contribution in [3.05, 3.63) is 0 Å². The predicted octanol–water partition coefficient (Wildman–Crippen LogP) is 1.84. The van der Waals surface area contributed by atoms with Crippen molar-refractivity contribution in [3.63, 3.8) is 0 Å². The SMILES string of the molecule is CCC(CO)NC(=O)C1(CC)CCCC1. The van der Waals surface area contributed by atoms with Crippen molar-refractivity contribution in [2.45, 2.75) is 58.4 Å². The van der Waals surface area contributed by atoms with E-state index in [1.54, 1.807) is 0 Å². The maximum Gasteiger partial charge on any atom is 0.226 e. The van der Waals surface area contributed by atoms with E-state index in [2.05, 4.69) is 12.2 Å². The van der Waals surface area contributed by atoms with Gasteiger partial charge in [-0.15, -0.1) is 0 Å². The van der Waals surface area contributed by atoms with Crippen LogP contribution in [-0.4, -0.2) is 23.7 Å². The number of nitrogens with one attached hydrogen (secondary N) is 1. The topological polar surface area (TPSA) is 49.3 Å². The zero-order valence-corrected chi connectivity index (χ0v) is 9.88. The van der Waals surface area contributed by atoms with Crippen molar-refractivity contribution in [3.8, 4) is 0 Å². The molecule has 1 fully saturated rings. The lowest BCUT2D eigenvalue weighted by Crippen LogP contribution is -2.45. The Kier molecular flexibility index (Phi) is 4.58. The second-order valence-electron chi connectivity index (χ2n) is 4.60. The van der Waals surface area contributed by atoms with Gasteiger partial charge < -0.3 is 10.4 Å². The lowest BCUT2D eigenvalue weighted by molar-refractivity contribution is -0.132. The van der Waals surface area contributed by atoms with Gasteiger partial charge in [-0.05, 0) is 25.7 Å². The molecule has 1 rings (SSSR count). The Bertz CT molecular complexity index is 206. The molecule has 1 atom stereocenters. The minimum absolute atomic E-state index is 0.0437. The summed E-state index contributed by atoms with van der Waals surface area (Å²) in [4.78, 5) is 12.1. The van der Waals surface area contributed by atoms with Gasteiger partial charge in [0.15, 0.2) is 0 Å². The fourth-order valence-electron chi connectivity index (χ4n) is 2.41. The first kappa shape index (κ1) is 12.5. The number of aliphatic hydroxyl groups excluding tert-OH is 1. The van der Waals surface area contributed by atoms with Crippen LogP contribution in [0.5, 0.6) is 0 Å². The van der Waals surface area contributed by atoms with E-state index in [4.69, 9.17) is 5.11 Å². The summed E-state index contributed by atoms with van der Waals surface area (Å²) in [6.07, 6.45) is 6.06. The van der Waals surface area contributed by atoms with Gasteiger partial charge >= 0.3 is 0 Å². The molecule has 0 aromatic rings. The second kappa shape index (κ2) is 5.50. The molecule has 3 nitrogen and oxygen atoms in total. The smallest absolute Gasteiger partial charge is 0.226 e. The molecule has 1 unspecified atom stereocenters. The van der Waals surface area contributed by atoms with E-state index < -0.39 is 0 Å². The average Bonchev–Trinajstić information content (AvgIpc) is 2.75. The minimum Gasteiger partial charge on any atom is -0.394 e. The van der Waals surface area contributed by atoms with Crippen molar-refractivity contribution in [1.29, 1.82) is 0 Å². The fraction of sp³-hybridized carbons (Fsp3) is 0.917. The molecule has 1 amide bonds. The summed E-state index contributed by atoms with van der Waals surface area (Å²) < 4.78 is 0. The largest absolute Gasteiger partial charge is 0.394 e. The highest BCUT2D eigenvalue weighted by molar-refractivity contribution is 5.83. The molecular formula is C12H23NO2. The maximum absolute atomic E-state index is 12.1. The highest BCUT2D eigenvalue weighted by atomic mass is 16.3. The molecule has 0 bridgehead atoms. The van der Waals surface area contributed by atoms with Crippen molar-refractivity contribution < 1.29 is 9.90 Å². The third-order valence-corrected chi connectivity index (χ3v) is 3.77. The van der Waals surface area contributed by atoms with Crippen molar-refractivity contribution in [2.75, 3.05) is 6.61 Å². The third kappa shape index (κ3) is 2.71. The van der Waals surface area contributed by atoms with Crippen LogP contribution in [0.1, 0.15) is 52.4 Å². The van der Waals surface area contributed by atoms with Crippen LogP contribution in [0.15, 0.2) is 0 Å². The van der Waals surface area contributed by atoms with E-state index in [0.29, 0.717) is 0 Å². The molecule has 1 aliphatic carbocycles. The summed E-state index contributed by atoms with van der Waals surface area (Å²) in [7, 11) is 0. The number of rotatable bonds is 5. The lowest BCUT2D eigenvalue weighted by Gasteiger charge is -2.28. The van der Waals surface area contributed by atoms with E-state index in [-0.39, 0.29) is 24.0 Å². The minimum atomic E-state index is -0.136. The van der Waals surface area contributed by atoms with Gasteiger partial charge in [-0.1, -0.05) is 26.7 Å². The first-order valence-electron chi connectivity index (χ1n) is 6.10. The Hall–Kier alpha value is -0.570. The van der Waals surface area contributed by atoms with Gasteiger partial charge in [0.2, 0.25) is 5.91 Å². The van der Waals surface area contributed by atoms with Crippen LogP contribution in [0.2, 0.25) is 0 Å². The lowest BCUT2D eigenvalue weighted by atomic mass is 9.82. The summed E-state index contributed by atoms with van der Waals surface area (Å²) in [5.41, 5.74) is -0.136. The molecule has 0 saturated heterocycles. The molecule has 2 N–H and O–H groups in total. The Morgan fingerprint density at radius 3 is 2.40 bits per heavy atom. The predicted molar refractivity (Wildman–Crippen MR) is 60.5 cm³/mol. The number of hydrogen-bond donors (Lipinski definition) is 2. The highest BCUT2D eigenvalue weighted by Crippen LogP contribution is 2.41. The van der Waals surface area contributed by atoms with Crippen molar-refractivity contribution >= 4 is 5.91 Å². The number of aliphatic hydroxyl groups is 1. The maximum atomic E-state index is 12.1. The molecular weight excluding hydrogens is 190 g/mol. The van der Waals surface area contributed by atoms with Crippen molar-refractivity contribution in [1.82, 2.24) is 5.32 Å². The van der Waals surface area contributed by atoms with Crippen molar-refractivity contribution in [2.24, 2.45) is 5.41 Å². The van der Waals surface area contributed by atoms with Gasteiger partial charge in [0.25, 0.3) is 0 Å². The molecule has 88 valence electrons. The average molecular weight is 213 g/mol. The number of carbonyl (C=O) groups excluding carboxylic acids is 1. The van der Waals surface area contributed by atoms with Crippen LogP contribution in [0.25, 0.3) is 0 Å². The number of amides is 1. The Morgan fingerprint density at radius 1 is 1.40 bits per heavy atom. The fourth-order valence-corrected chi connectivity index (χ4v) is 2.41. The molecule has 0 heterocycles. The molecule has 3 heteroatoms. The first-order chi connectivity index (χ1) is 7.18. The summed E-state index contributed by atoms with van der Waals surface area (Å²) in [5.74, 6) is 0.156. The molecule has 0 spiro atoms. The summed E-state index contributed by atoms with van der Waals surface area (Å²) >= 11 is 0. The van der Waals surface area contributed by atoms with Crippen LogP contribution in [-0.2, 0) is 4.79 Å². The Labute approximate surface area is 92.3 Å². The van der Waals surface area contributed by atoms with E-state index in [0.717, 1.165) is 38.5 Å². The quantitative estimate of drug-likeness (QED) is 0.732. The van der Waals surface area contributed by atoms with E-state index >= 15 is 0 Å².